The largest absolute Gasteiger partial charge is 0.358 e. The topological polar surface area (TPSA) is 37.8 Å². The summed E-state index contributed by atoms with van der Waals surface area (Å²) in [6.07, 6.45) is 0. The highest BCUT2D eigenvalue weighted by molar-refractivity contribution is 7.09. The minimum atomic E-state index is 0.383. The molecule has 1 N–H and O–H groups in total. The Kier molecular flexibility index (Phi) is 3.97. The fourth-order valence-corrected chi connectivity index (χ4v) is 2.40. The van der Waals surface area contributed by atoms with Gasteiger partial charge in [-0.15, -0.1) is 0 Å². The van der Waals surface area contributed by atoms with Crippen LogP contribution in [0.3, 0.4) is 0 Å². The Labute approximate surface area is 112 Å². The molecule has 4 heteroatoms. The van der Waals surface area contributed by atoms with Crippen LogP contribution < -0.4 is 5.32 Å². The third kappa shape index (κ3) is 3.07. The van der Waals surface area contributed by atoms with E-state index in [1.54, 1.807) is 0 Å². The van der Waals surface area contributed by atoms with E-state index in [1.807, 2.05) is 0 Å². The molecule has 0 spiro atoms. The van der Waals surface area contributed by atoms with Crippen molar-refractivity contribution in [1.82, 2.24) is 9.36 Å². The highest BCUT2D eigenvalue weighted by Gasteiger charge is 2.07. The van der Waals surface area contributed by atoms with Crippen LogP contribution in [0, 0.1) is 0 Å². The monoisotopic (exact) mass is 261 g/mol. The van der Waals surface area contributed by atoms with Crippen molar-refractivity contribution in [2.24, 2.45) is 0 Å². The second kappa shape index (κ2) is 5.48. The van der Waals surface area contributed by atoms with E-state index in [0.29, 0.717) is 12.0 Å². The van der Waals surface area contributed by atoms with Gasteiger partial charge in [0, 0.05) is 23.1 Å². The molecule has 0 saturated carbocycles. The Bertz CT molecular complexity index is 500. The number of benzene rings is 1. The molecule has 96 valence electrons. The van der Waals surface area contributed by atoms with Gasteiger partial charge in [0.1, 0.15) is 0 Å². The second-order valence-corrected chi connectivity index (χ2v) is 5.75. The van der Waals surface area contributed by atoms with Crippen LogP contribution in [-0.2, 0) is 0 Å². The van der Waals surface area contributed by atoms with Gasteiger partial charge in [-0.25, -0.2) is 0 Å². The van der Waals surface area contributed by atoms with Gasteiger partial charge in [-0.2, -0.15) is 9.36 Å². The molecule has 0 aliphatic rings. The second-order valence-electron chi connectivity index (χ2n) is 5.00. The van der Waals surface area contributed by atoms with E-state index < -0.39 is 0 Å². The quantitative estimate of drug-likeness (QED) is 0.898. The maximum absolute atomic E-state index is 4.49. The van der Waals surface area contributed by atoms with Gasteiger partial charge in [0.15, 0.2) is 5.82 Å². The number of hydrogen-bond donors (Lipinski definition) is 1. The Morgan fingerprint density at radius 3 is 2.28 bits per heavy atom. The molecule has 0 amide bonds. The van der Waals surface area contributed by atoms with E-state index >= 15 is 0 Å². The first kappa shape index (κ1) is 13.0. The van der Waals surface area contributed by atoms with Crippen LogP contribution in [0.2, 0.25) is 0 Å². The van der Waals surface area contributed by atoms with Gasteiger partial charge in [0.25, 0.3) is 0 Å². The van der Waals surface area contributed by atoms with Gasteiger partial charge in [-0.3, -0.25) is 0 Å². The first-order valence-electron chi connectivity index (χ1n) is 6.27. The van der Waals surface area contributed by atoms with Crippen molar-refractivity contribution in [1.29, 1.82) is 0 Å². The highest BCUT2D eigenvalue weighted by atomic mass is 32.1. The van der Waals surface area contributed by atoms with Crippen molar-refractivity contribution < 1.29 is 0 Å². The maximum Gasteiger partial charge on any atom is 0.203 e. The lowest BCUT2D eigenvalue weighted by molar-refractivity contribution is 0.867. The lowest BCUT2D eigenvalue weighted by Gasteiger charge is -2.05. The molecule has 2 rings (SSSR count). The molecule has 0 saturated heterocycles. The van der Waals surface area contributed by atoms with Crippen LogP contribution in [0.4, 0.5) is 5.13 Å². The van der Waals surface area contributed by atoms with E-state index in [-0.39, 0.29) is 0 Å². The van der Waals surface area contributed by atoms with Crippen LogP contribution in [0.1, 0.15) is 39.2 Å². The summed E-state index contributed by atoms with van der Waals surface area (Å²) in [5.74, 6) is 1.36. The number of nitrogens with one attached hydrogen (secondary N) is 1. The first-order chi connectivity index (χ1) is 8.56. The van der Waals surface area contributed by atoms with Gasteiger partial charge in [0.05, 0.1) is 0 Å². The van der Waals surface area contributed by atoms with Crippen molar-refractivity contribution in [2.45, 2.75) is 39.7 Å². The predicted octanol–water partition coefficient (Wildman–Crippen LogP) is 4.15. The molecule has 0 radical (unpaired) electrons. The van der Waals surface area contributed by atoms with Gasteiger partial charge in [0.2, 0.25) is 5.13 Å². The SMILES string of the molecule is CC(C)Nc1nc(-c2ccc(C(C)C)cc2)ns1. The normalized spacial score (nSPS) is 11.2. The van der Waals surface area contributed by atoms with Gasteiger partial charge < -0.3 is 5.32 Å². The predicted molar refractivity (Wildman–Crippen MR) is 78.2 cm³/mol. The molecule has 0 unspecified atom stereocenters. The van der Waals surface area contributed by atoms with Crippen molar-refractivity contribution >= 4 is 16.7 Å². The molecule has 0 atom stereocenters. The summed E-state index contributed by atoms with van der Waals surface area (Å²) in [6.45, 7) is 8.58. The van der Waals surface area contributed by atoms with Crippen molar-refractivity contribution in [3.63, 3.8) is 0 Å². The van der Waals surface area contributed by atoms with Crippen LogP contribution in [0.15, 0.2) is 24.3 Å². The molecule has 3 nitrogen and oxygen atoms in total. The zero-order chi connectivity index (χ0) is 13.1. The van der Waals surface area contributed by atoms with E-state index in [1.165, 1.54) is 17.1 Å². The van der Waals surface area contributed by atoms with Crippen LogP contribution in [0.5, 0.6) is 0 Å². The Hall–Kier alpha value is -1.42. The molecule has 1 aromatic carbocycles. The number of hydrogen-bond acceptors (Lipinski definition) is 4. The van der Waals surface area contributed by atoms with E-state index in [9.17, 15) is 0 Å². The molecule has 0 bridgehead atoms. The fraction of sp³-hybridized carbons (Fsp3) is 0.429. The van der Waals surface area contributed by atoms with Crippen LogP contribution in [0.25, 0.3) is 11.4 Å². The zero-order valence-corrected chi connectivity index (χ0v) is 12.1. The molecule has 18 heavy (non-hydrogen) atoms. The average Bonchev–Trinajstić information content (AvgIpc) is 2.76. The molecule has 0 aliphatic carbocycles. The third-order valence-corrected chi connectivity index (χ3v) is 3.32. The molecular weight excluding hydrogens is 242 g/mol. The molecule has 1 aromatic heterocycles. The van der Waals surface area contributed by atoms with Crippen LogP contribution in [-0.4, -0.2) is 15.4 Å². The van der Waals surface area contributed by atoms with Gasteiger partial charge >= 0.3 is 0 Å². The summed E-state index contributed by atoms with van der Waals surface area (Å²) >= 11 is 1.41. The summed E-state index contributed by atoms with van der Waals surface area (Å²) in [5.41, 5.74) is 2.42. The van der Waals surface area contributed by atoms with Crippen LogP contribution >= 0.6 is 11.5 Å². The Morgan fingerprint density at radius 2 is 1.72 bits per heavy atom. The van der Waals surface area contributed by atoms with Crippen molar-refractivity contribution in [2.75, 3.05) is 5.32 Å². The summed E-state index contributed by atoms with van der Waals surface area (Å²) in [5, 5.41) is 4.15. The number of rotatable bonds is 4. The summed E-state index contributed by atoms with van der Waals surface area (Å²) in [4.78, 5) is 4.49. The molecular formula is C14H19N3S. The zero-order valence-electron chi connectivity index (χ0n) is 11.3. The van der Waals surface area contributed by atoms with Crippen molar-refractivity contribution in [3.8, 4) is 11.4 Å². The molecule has 2 aromatic rings. The number of nitrogens with zero attached hydrogens (tertiary/aromatic N) is 2. The fourth-order valence-electron chi connectivity index (χ4n) is 1.66. The minimum absolute atomic E-state index is 0.383. The lowest BCUT2D eigenvalue weighted by atomic mass is 10.0. The van der Waals surface area contributed by atoms with Gasteiger partial charge in [-0.1, -0.05) is 38.1 Å². The summed E-state index contributed by atoms with van der Waals surface area (Å²) in [7, 11) is 0. The van der Waals surface area contributed by atoms with Crippen molar-refractivity contribution in [3.05, 3.63) is 29.8 Å². The lowest BCUT2D eigenvalue weighted by Crippen LogP contribution is -2.08. The summed E-state index contributed by atoms with van der Waals surface area (Å²) < 4.78 is 4.38. The number of aromatic nitrogens is 2. The first-order valence-corrected chi connectivity index (χ1v) is 7.04. The average molecular weight is 261 g/mol. The summed E-state index contributed by atoms with van der Waals surface area (Å²) in [6, 6.07) is 8.87. The minimum Gasteiger partial charge on any atom is -0.358 e. The Balaban J connectivity index is 2.18. The van der Waals surface area contributed by atoms with E-state index in [0.717, 1.165) is 16.5 Å². The maximum atomic E-state index is 4.49. The Morgan fingerprint density at radius 1 is 1.06 bits per heavy atom. The number of anilines is 1. The van der Waals surface area contributed by atoms with E-state index in [4.69, 9.17) is 0 Å². The van der Waals surface area contributed by atoms with E-state index in [2.05, 4.69) is 66.6 Å². The highest BCUT2D eigenvalue weighted by Crippen LogP contribution is 2.23. The smallest absolute Gasteiger partial charge is 0.203 e. The van der Waals surface area contributed by atoms with Gasteiger partial charge in [-0.05, 0) is 25.3 Å². The standard InChI is InChI=1S/C14H19N3S/c1-9(2)11-5-7-12(8-6-11)13-16-14(18-17-13)15-10(3)4/h5-10H,1-4H3,(H,15,16,17). The molecule has 1 heterocycles. The third-order valence-electron chi connectivity index (χ3n) is 2.67. The molecule has 0 fully saturated rings. The molecule has 0 aliphatic heterocycles.